The molecular formula is C13H12ClNO2S. The first-order valence-electron chi connectivity index (χ1n) is 5.33. The van der Waals surface area contributed by atoms with Crippen molar-refractivity contribution in [1.29, 1.82) is 0 Å². The maximum absolute atomic E-state index is 12.1. The molecule has 0 atom stereocenters. The summed E-state index contributed by atoms with van der Waals surface area (Å²) < 4.78 is 26.7. The predicted octanol–water partition coefficient (Wildman–Crippen LogP) is 3.45. The van der Waals surface area contributed by atoms with Crippen molar-refractivity contribution in [1.82, 2.24) is 0 Å². The van der Waals surface area contributed by atoms with Crippen LogP contribution in [0.25, 0.3) is 0 Å². The van der Waals surface area contributed by atoms with Crippen LogP contribution in [0.5, 0.6) is 0 Å². The summed E-state index contributed by atoms with van der Waals surface area (Å²) in [6, 6.07) is 13.4. The van der Waals surface area contributed by atoms with Gasteiger partial charge in [0.2, 0.25) is 0 Å². The maximum atomic E-state index is 12.1. The molecule has 0 heterocycles. The Morgan fingerprint density at radius 1 is 1.06 bits per heavy atom. The van der Waals surface area contributed by atoms with Crippen LogP contribution in [-0.2, 0) is 10.0 Å². The van der Waals surface area contributed by atoms with Gasteiger partial charge in [-0.2, -0.15) is 0 Å². The first kappa shape index (κ1) is 12.9. The molecule has 0 radical (unpaired) electrons. The molecule has 2 aromatic carbocycles. The van der Waals surface area contributed by atoms with E-state index in [1.54, 1.807) is 43.3 Å². The SMILES string of the molecule is Cc1cc(S(=O)(=O)Nc2ccccc2)ccc1Cl. The molecule has 3 nitrogen and oxygen atoms in total. The van der Waals surface area contributed by atoms with Gasteiger partial charge in [0.25, 0.3) is 10.0 Å². The lowest BCUT2D eigenvalue weighted by Crippen LogP contribution is -2.12. The summed E-state index contributed by atoms with van der Waals surface area (Å²) in [5, 5.41) is 0.550. The highest BCUT2D eigenvalue weighted by Gasteiger charge is 2.14. The number of para-hydroxylation sites is 1. The molecular weight excluding hydrogens is 270 g/mol. The highest BCUT2D eigenvalue weighted by molar-refractivity contribution is 7.92. The van der Waals surface area contributed by atoms with Crippen LogP contribution in [0.3, 0.4) is 0 Å². The van der Waals surface area contributed by atoms with Crippen LogP contribution in [0.1, 0.15) is 5.56 Å². The monoisotopic (exact) mass is 281 g/mol. The fraction of sp³-hybridized carbons (Fsp3) is 0.0769. The molecule has 94 valence electrons. The van der Waals surface area contributed by atoms with Crippen molar-refractivity contribution in [2.75, 3.05) is 4.72 Å². The van der Waals surface area contributed by atoms with E-state index in [1.807, 2.05) is 6.07 Å². The molecule has 0 aliphatic rings. The van der Waals surface area contributed by atoms with Gasteiger partial charge in [-0.25, -0.2) is 8.42 Å². The molecule has 0 aliphatic carbocycles. The lowest BCUT2D eigenvalue weighted by Gasteiger charge is -2.09. The number of hydrogen-bond donors (Lipinski definition) is 1. The van der Waals surface area contributed by atoms with Crippen molar-refractivity contribution in [3.63, 3.8) is 0 Å². The Morgan fingerprint density at radius 2 is 1.72 bits per heavy atom. The van der Waals surface area contributed by atoms with Crippen molar-refractivity contribution in [2.24, 2.45) is 0 Å². The molecule has 1 N–H and O–H groups in total. The minimum Gasteiger partial charge on any atom is -0.280 e. The van der Waals surface area contributed by atoms with E-state index < -0.39 is 10.0 Å². The van der Waals surface area contributed by atoms with E-state index in [0.717, 1.165) is 5.56 Å². The Labute approximate surface area is 111 Å². The standard InChI is InChI=1S/C13H12ClNO2S/c1-10-9-12(7-8-13(10)14)18(16,17)15-11-5-3-2-4-6-11/h2-9,15H,1H3. The van der Waals surface area contributed by atoms with Crippen molar-refractivity contribution in [3.8, 4) is 0 Å². The molecule has 0 spiro atoms. The average Bonchev–Trinajstić information content (AvgIpc) is 2.33. The third kappa shape index (κ3) is 2.83. The zero-order valence-corrected chi connectivity index (χ0v) is 11.3. The van der Waals surface area contributed by atoms with E-state index in [9.17, 15) is 8.42 Å². The third-order valence-corrected chi connectivity index (χ3v) is 4.27. The first-order chi connectivity index (χ1) is 8.49. The molecule has 5 heteroatoms. The number of rotatable bonds is 3. The Bertz CT molecular complexity index is 654. The highest BCUT2D eigenvalue weighted by atomic mass is 35.5. The van der Waals surface area contributed by atoms with E-state index in [4.69, 9.17) is 11.6 Å². The van der Waals surface area contributed by atoms with E-state index in [1.165, 1.54) is 6.07 Å². The zero-order chi connectivity index (χ0) is 13.2. The summed E-state index contributed by atoms with van der Waals surface area (Å²) in [4.78, 5) is 0.202. The molecule has 2 rings (SSSR count). The second-order valence-electron chi connectivity index (χ2n) is 3.88. The lowest BCUT2D eigenvalue weighted by atomic mass is 10.2. The maximum Gasteiger partial charge on any atom is 0.261 e. The van der Waals surface area contributed by atoms with Crippen molar-refractivity contribution in [3.05, 3.63) is 59.1 Å². The quantitative estimate of drug-likeness (QED) is 0.937. The number of hydrogen-bond acceptors (Lipinski definition) is 2. The predicted molar refractivity (Wildman–Crippen MR) is 73.4 cm³/mol. The summed E-state index contributed by atoms with van der Waals surface area (Å²) in [6.07, 6.45) is 0. The van der Waals surface area contributed by atoms with E-state index in [2.05, 4.69) is 4.72 Å². The van der Waals surface area contributed by atoms with Gasteiger partial charge in [-0.1, -0.05) is 29.8 Å². The van der Waals surface area contributed by atoms with Crippen LogP contribution in [0, 0.1) is 6.92 Å². The Hall–Kier alpha value is -1.52. The molecule has 0 aromatic heterocycles. The molecule has 0 fully saturated rings. The molecule has 0 saturated carbocycles. The van der Waals surface area contributed by atoms with Gasteiger partial charge in [0, 0.05) is 10.7 Å². The van der Waals surface area contributed by atoms with Gasteiger partial charge in [-0.3, -0.25) is 4.72 Å². The fourth-order valence-electron chi connectivity index (χ4n) is 1.50. The summed E-state index contributed by atoms with van der Waals surface area (Å²) in [6.45, 7) is 1.77. The average molecular weight is 282 g/mol. The lowest BCUT2D eigenvalue weighted by molar-refractivity contribution is 0.601. The zero-order valence-electron chi connectivity index (χ0n) is 9.72. The van der Waals surface area contributed by atoms with Crippen LogP contribution in [-0.4, -0.2) is 8.42 Å². The molecule has 0 unspecified atom stereocenters. The molecule has 0 amide bonds. The Morgan fingerprint density at radius 3 is 2.33 bits per heavy atom. The van der Waals surface area contributed by atoms with Gasteiger partial charge in [-0.05, 0) is 42.8 Å². The smallest absolute Gasteiger partial charge is 0.261 e. The van der Waals surface area contributed by atoms with E-state index in [0.29, 0.717) is 10.7 Å². The van der Waals surface area contributed by atoms with Crippen molar-refractivity contribution >= 4 is 27.3 Å². The number of sulfonamides is 1. The van der Waals surface area contributed by atoms with Gasteiger partial charge < -0.3 is 0 Å². The second-order valence-corrected chi connectivity index (χ2v) is 5.97. The number of benzene rings is 2. The summed E-state index contributed by atoms with van der Waals surface area (Å²) in [5.41, 5.74) is 1.26. The summed E-state index contributed by atoms with van der Waals surface area (Å²) in [7, 11) is -3.56. The van der Waals surface area contributed by atoms with Crippen molar-refractivity contribution < 1.29 is 8.42 Å². The van der Waals surface area contributed by atoms with Crippen LogP contribution in [0.15, 0.2) is 53.4 Å². The van der Waals surface area contributed by atoms with Gasteiger partial charge in [-0.15, -0.1) is 0 Å². The number of nitrogens with one attached hydrogen (secondary N) is 1. The van der Waals surface area contributed by atoms with Crippen LogP contribution in [0.4, 0.5) is 5.69 Å². The van der Waals surface area contributed by atoms with Gasteiger partial charge in [0.1, 0.15) is 0 Å². The van der Waals surface area contributed by atoms with Gasteiger partial charge >= 0.3 is 0 Å². The molecule has 0 bridgehead atoms. The normalized spacial score (nSPS) is 11.2. The van der Waals surface area contributed by atoms with Crippen molar-refractivity contribution in [2.45, 2.75) is 11.8 Å². The first-order valence-corrected chi connectivity index (χ1v) is 7.19. The molecule has 0 saturated heterocycles. The Balaban J connectivity index is 2.34. The summed E-state index contributed by atoms with van der Waals surface area (Å²) >= 11 is 5.88. The highest BCUT2D eigenvalue weighted by Crippen LogP contribution is 2.21. The largest absolute Gasteiger partial charge is 0.280 e. The van der Waals surface area contributed by atoms with Gasteiger partial charge in [0.05, 0.1) is 4.90 Å². The Kier molecular flexibility index (Phi) is 3.59. The van der Waals surface area contributed by atoms with Crippen LogP contribution < -0.4 is 4.72 Å². The van der Waals surface area contributed by atoms with E-state index >= 15 is 0 Å². The molecule has 2 aromatic rings. The number of anilines is 1. The molecule has 18 heavy (non-hydrogen) atoms. The van der Waals surface area contributed by atoms with Gasteiger partial charge in [0.15, 0.2) is 0 Å². The summed E-state index contributed by atoms with van der Waals surface area (Å²) in [5.74, 6) is 0. The third-order valence-electron chi connectivity index (χ3n) is 2.47. The van der Waals surface area contributed by atoms with E-state index in [-0.39, 0.29) is 4.90 Å². The number of halogens is 1. The molecule has 0 aliphatic heterocycles. The van der Waals surface area contributed by atoms with Crippen LogP contribution in [0.2, 0.25) is 5.02 Å². The minimum atomic E-state index is -3.56. The van der Waals surface area contributed by atoms with Crippen LogP contribution >= 0.6 is 11.6 Å². The second kappa shape index (κ2) is 5.00. The number of aryl methyl sites for hydroxylation is 1. The fourth-order valence-corrected chi connectivity index (χ4v) is 2.77. The minimum absolute atomic E-state index is 0.202. The topological polar surface area (TPSA) is 46.2 Å².